The van der Waals surface area contributed by atoms with Crippen LogP contribution < -0.4 is 5.32 Å². The minimum atomic E-state index is 0.168. The highest BCUT2D eigenvalue weighted by molar-refractivity contribution is 6.35. The molecular weight excluding hydrogens is 233 g/mol. The maximum atomic E-state index is 8.66. The fourth-order valence-corrected chi connectivity index (χ4v) is 1.93. The molecule has 0 aromatic heterocycles. The second kappa shape index (κ2) is 6.33. The van der Waals surface area contributed by atoms with Crippen LogP contribution in [-0.4, -0.2) is 18.3 Å². The smallest absolute Gasteiger partial charge is 0.0468 e. The molecule has 1 atom stereocenters. The summed E-state index contributed by atoms with van der Waals surface area (Å²) in [4.78, 5) is 0. The largest absolute Gasteiger partial charge is 0.396 e. The van der Waals surface area contributed by atoms with Crippen molar-refractivity contribution in [3.63, 3.8) is 0 Å². The molecule has 2 nitrogen and oxygen atoms in total. The van der Waals surface area contributed by atoms with Gasteiger partial charge in [0.2, 0.25) is 0 Å². The standard InChI is InChI=1S/C11H15Cl2NO/c1-8(14-5-2-6-15)10-4-3-9(12)7-11(10)13/h3-4,7-8,14-15H,2,5-6H2,1H3/t8-/m0/s1. The topological polar surface area (TPSA) is 32.3 Å². The number of halogens is 2. The number of benzene rings is 1. The van der Waals surface area contributed by atoms with Crippen LogP contribution in [0.2, 0.25) is 10.0 Å². The van der Waals surface area contributed by atoms with Gasteiger partial charge < -0.3 is 10.4 Å². The van der Waals surface area contributed by atoms with Crippen LogP contribution in [0, 0.1) is 0 Å². The Kier molecular flexibility index (Phi) is 5.40. The SMILES string of the molecule is C[C@H](NCCCO)c1ccc(Cl)cc1Cl. The summed E-state index contributed by atoms with van der Waals surface area (Å²) in [6.07, 6.45) is 0.746. The molecule has 1 aromatic rings. The number of nitrogens with one attached hydrogen (secondary N) is 1. The van der Waals surface area contributed by atoms with E-state index in [1.54, 1.807) is 6.07 Å². The molecule has 15 heavy (non-hydrogen) atoms. The molecular formula is C11H15Cl2NO. The monoisotopic (exact) mass is 247 g/mol. The van der Waals surface area contributed by atoms with Gasteiger partial charge in [-0.25, -0.2) is 0 Å². The lowest BCUT2D eigenvalue weighted by molar-refractivity contribution is 0.284. The summed E-state index contributed by atoms with van der Waals surface area (Å²) >= 11 is 11.9. The number of hydrogen-bond donors (Lipinski definition) is 2. The van der Waals surface area contributed by atoms with E-state index in [0.717, 1.165) is 18.5 Å². The van der Waals surface area contributed by atoms with Crippen molar-refractivity contribution in [3.05, 3.63) is 33.8 Å². The van der Waals surface area contributed by atoms with Crippen LogP contribution in [-0.2, 0) is 0 Å². The second-order valence-electron chi connectivity index (χ2n) is 3.42. The van der Waals surface area contributed by atoms with Gasteiger partial charge in [0.05, 0.1) is 0 Å². The molecule has 4 heteroatoms. The first-order valence-electron chi connectivity index (χ1n) is 4.94. The van der Waals surface area contributed by atoms with Crippen molar-refractivity contribution in [2.45, 2.75) is 19.4 Å². The Morgan fingerprint density at radius 3 is 2.73 bits per heavy atom. The second-order valence-corrected chi connectivity index (χ2v) is 4.26. The van der Waals surface area contributed by atoms with Gasteiger partial charge in [-0.1, -0.05) is 29.3 Å². The van der Waals surface area contributed by atoms with Crippen molar-refractivity contribution < 1.29 is 5.11 Å². The third-order valence-corrected chi connectivity index (χ3v) is 2.78. The Morgan fingerprint density at radius 1 is 1.40 bits per heavy atom. The molecule has 84 valence electrons. The fourth-order valence-electron chi connectivity index (χ4n) is 1.36. The van der Waals surface area contributed by atoms with Gasteiger partial charge in [0.1, 0.15) is 0 Å². The lowest BCUT2D eigenvalue weighted by atomic mass is 10.1. The minimum absolute atomic E-state index is 0.168. The van der Waals surface area contributed by atoms with E-state index in [1.165, 1.54) is 0 Å². The molecule has 0 fully saturated rings. The van der Waals surface area contributed by atoms with E-state index in [4.69, 9.17) is 28.3 Å². The summed E-state index contributed by atoms with van der Waals surface area (Å²) in [5.74, 6) is 0. The van der Waals surface area contributed by atoms with Crippen LogP contribution in [0.15, 0.2) is 18.2 Å². The van der Waals surface area contributed by atoms with Gasteiger partial charge in [0.15, 0.2) is 0 Å². The first-order valence-corrected chi connectivity index (χ1v) is 5.70. The number of rotatable bonds is 5. The van der Waals surface area contributed by atoms with Gasteiger partial charge >= 0.3 is 0 Å². The Balaban J connectivity index is 2.61. The molecule has 0 radical (unpaired) electrons. The van der Waals surface area contributed by atoms with Crippen LogP contribution in [0.4, 0.5) is 0 Å². The van der Waals surface area contributed by atoms with Crippen molar-refractivity contribution in [2.75, 3.05) is 13.2 Å². The third-order valence-electron chi connectivity index (χ3n) is 2.21. The lowest BCUT2D eigenvalue weighted by Crippen LogP contribution is -2.20. The Morgan fingerprint density at radius 2 is 2.13 bits per heavy atom. The van der Waals surface area contributed by atoms with Crippen LogP contribution in [0.5, 0.6) is 0 Å². The van der Waals surface area contributed by atoms with Crippen LogP contribution >= 0.6 is 23.2 Å². The van der Waals surface area contributed by atoms with Gasteiger partial charge in [-0.2, -0.15) is 0 Å². The van der Waals surface area contributed by atoms with Gasteiger partial charge in [-0.3, -0.25) is 0 Å². The van der Waals surface area contributed by atoms with E-state index in [1.807, 2.05) is 19.1 Å². The normalized spacial score (nSPS) is 12.8. The molecule has 0 amide bonds. The molecule has 0 heterocycles. The van der Waals surface area contributed by atoms with E-state index in [-0.39, 0.29) is 12.6 Å². The molecule has 0 aliphatic heterocycles. The maximum absolute atomic E-state index is 8.66. The summed E-state index contributed by atoms with van der Waals surface area (Å²) in [6, 6.07) is 5.65. The van der Waals surface area contributed by atoms with Gasteiger partial charge in [-0.15, -0.1) is 0 Å². The first kappa shape index (κ1) is 12.8. The zero-order chi connectivity index (χ0) is 11.3. The van der Waals surface area contributed by atoms with E-state index >= 15 is 0 Å². The van der Waals surface area contributed by atoms with Crippen LogP contribution in [0.25, 0.3) is 0 Å². The highest BCUT2D eigenvalue weighted by Crippen LogP contribution is 2.25. The average Bonchev–Trinajstić information content (AvgIpc) is 2.17. The predicted molar refractivity (Wildman–Crippen MR) is 64.6 cm³/mol. The quantitative estimate of drug-likeness (QED) is 0.785. The fraction of sp³-hybridized carbons (Fsp3) is 0.455. The Labute approximate surface area is 100 Å². The Hall–Kier alpha value is -0.280. The number of aliphatic hydroxyl groups is 1. The zero-order valence-corrected chi connectivity index (χ0v) is 10.1. The Bertz CT molecular complexity index is 317. The maximum Gasteiger partial charge on any atom is 0.0468 e. The van der Waals surface area contributed by atoms with Crippen molar-refractivity contribution in [1.82, 2.24) is 5.32 Å². The molecule has 1 aromatic carbocycles. The average molecular weight is 248 g/mol. The van der Waals surface area contributed by atoms with Crippen molar-refractivity contribution >= 4 is 23.2 Å². The first-order chi connectivity index (χ1) is 7.15. The predicted octanol–water partition coefficient (Wildman–Crippen LogP) is 3.03. The van der Waals surface area contributed by atoms with Crippen molar-refractivity contribution in [1.29, 1.82) is 0 Å². The summed E-state index contributed by atoms with van der Waals surface area (Å²) < 4.78 is 0. The summed E-state index contributed by atoms with van der Waals surface area (Å²) in [7, 11) is 0. The highest BCUT2D eigenvalue weighted by Gasteiger charge is 2.08. The van der Waals surface area contributed by atoms with Crippen LogP contribution in [0.1, 0.15) is 24.9 Å². The molecule has 0 bridgehead atoms. The van der Waals surface area contributed by atoms with Crippen molar-refractivity contribution in [3.8, 4) is 0 Å². The molecule has 2 N–H and O–H groups in total. The van der Waals surface area contributed by atoms with Gasteiger partial charge in [0, 0.05) is 22.7 Å². The van der Waals surface area contributed by atoms with Crippen molar-refractivity contribution in [2.24, 2.45) is 0 Å². The summed E-state index contributed by atoms with van der Waals surface area (Å²) in [5.41, 5.74) is 1.03. The van der Waals surface area contributed by atoms with E-state index < -0.39 is 0 Å². The van der Waals surface area contributed by atoms with Crippen LogP contribution in [0.3, 0.4) is 0 Å². The molecule has 0 saturated carbocycles. The zero-order valence-electron chi connectivity index (χ0n) is 8.63. The molecule has 1 rings (SSSR count). The summed E-state index contributed by atoms with van der Waals surface area (Å²) in [5, 5.41) is 13.2. The lowest BCUT2D eigenvalue weighted by Gasteiger charge is -2.15. The molecule has 0 saturated heterocycles. The van der Waals surface area contributed by atoms with E-state index in [2.05, 4.69) is 5.32 Å². The molecule has 0 aliphatic carbocycles. The van der Waals surface area contributed by atoms with E-state index in [0.29, 0.717) is 10.0 Å². The molecule has 0 spiro atoms. The summed E-state index contributed by atoms with van der Waals surface area (Å²) in [6.45, 7) is 3.01. The highest BCUT2D eigenvalue weighted by atomic mass is 35.5. The number of hydrogen-bond acceptors (Lipinski definition) is 2. The van der Waals surface area contributed by atoms with E-state index in [9.17, 15) is 0 Å². The van der Waals surface area contributed by atoms with Gasteiger partial charge in [0.25, 0.3) is 0 Å². The third kappa shape index (κ3) is 3.99. The minimum Gasteiger partial charge on any atom is -0.396 e. The molecule has 0 aliphatic rings. The molecule has 0 unspecified atom stereocenters. The number of aliphatic hydroxyl groups excluding tert-OH is 1. The van der Waals surface area contributed by atoms with Gasteiger partial charge in [-0.05, 0) is 37.6 Å².